The molecule has 0 atom stereocenters. The summed E-state index contributed by atoms with van der Waals surface area (Å²) in [6.45, 7) is 0.852. The van der Waals surface area contributed by atoms with Crippen molar-refractivity contribution in [2.75, 3.05) is 6.61 Å². The van der Waals surface area contributed by atoms with E-state index in [4.69, 9.17) is 27.9 Å². The van der Waals surface area contributed by atoms with E-state index < -0.39 is 0 Å². The fraction of sp³-hybridized carbons (Fsp3) is 0.133. The van der Waals surface area contributed by atoms with Gasteiger partial charge in [0.15, 0.2) is 0 Å². The lowest BCUT2D eigenvalue weighted by Crippen LogP contribution is -2.11. The van der Waals surface area contributed by atoms with Crippen LogP contribution < -0.4 is 4.74 Å². The molecule has 5 nitrogen and oxygen atoms in total. The van der Waals surface area contributed by atoms with Crippen molar-refractivity contribution >= 4 is 23.2 Å². The van der Waals surface area contributed by atoms with Crippen LogP contribution in [0.4, 0.5) is 0 Å². The number of hydrogen-bond donors (Lipinski definition) is 0. The maximum atomic E-state index is 6.04. The average molecular weight is 335 g/mol. The smallest absolute Gasteiger partial charge is 0.204 e. The Labute approximate surface area is 137 Å². The van der Waals surface area contributed by atoms with Gasteiger partial charge in [0.05, 0.1) is 11.6 Å². The van der Waals surface area contributed by atoms with Gasteiger partial charge in [0, 0.05) is 10.6 Å². The molecule has 0 radical (unpaired) electrons. The van der Waals surface area contributed by atoms with Crippen LogP contribution in [0.5, 0.6) is 5.75 Å². The van der Waals surface area contributed by atoms with Crippen molar-refractivity contribution in [3.8, 4) is 17.1 Å². The molecule has 0 saturated heterocycles. The van der Waals surface area contributed by atoms with E-state index in [1.165, 1.54) is 4.80 Å². The van der Waals surface area contributed by atoms with Gasteiger partial charge in [0.1, 0.15) is 12.4 Å². The second kappa shape index (κ2) is 6.77. The van der Waals surface area contributed by atoms with Crippen molar-refractivity contribution in [2.24, 2.45) is 0 Å². The van der Waals surface area contributed by atoms with Gasteiger partial charge in [-0.1, -0.05) is 53.5 Å². The van der Waals surface area contributed by atoms with Crippen LogP contribution in [0.2, 0.25) is 10.0 Å². The summed E-state index contributed by atoms with van der Waals surface area (Å²) in [6, 6.07) is 14.8. The highest BCUT2D eigenvalue weighted by Gasteiger charge is 2.06. The molecule has 0 saturated carbocycles. The predicted molar refractivity (Wildman–Crippen MR) is 85.2 cm³/mol. The van der Waals surface area contributed by atoms with Crippen LogP contribution in [0, 0.1) is 0 Å². The Morgan fingerprint density at radius 1 is 1.05 bits per heavy atom. The molecule has 3 aromatic rings. The number of ether oxygens (including phenoxy) is 1. The highest BCUT2D eigenvalue weighted by atomic mass is 35.5. The standard InChI is InChI=1S/C15H12Cl2N4O/c16-12-6-7-14(13(17)10-12)22-9-8-21-19-15(18-20-21)11-4-2-1-3-5-11/h1-7,10H,8-9H2. The molecule has 3 rings (SSSR count). The Balaban J connectivity index is 1.59. The van der Waals surface area contributed by atoms with Crippen molar-refractivity contribution in [1.82, 2.24) is 20.2 Å². The number of tetrazole rings is 1. The molecule has 1 heterocycles. The van der Waals surface area contributed by atoms with Crippen molar-refractivity contribution in [2.45, 2.75) is 6.54 Å². The molecule has 1 aromatic heterocycles. The molecular formula is C15H12Cl2N4O. The van der Waals surface area contributed by atoms with Crippen LogP contribution in [-0.4, -0.2) is 26.8 Å². The van der Waals surface area contributed by atoms with Gasteiger partial charge in [-0.3, -0.25) is 0 Å². The van der Waals surface area contributed by atoms with Crippen LogP contribution in [-0.2, 0) is 6.54 Å². The first-order chi connectivity index (χ1) is 10.7. The van der Waals surface area contributed by atoms with Gasteiger partial charge in [-0.15, -0.1) is 10.2 Å². The number of nitrogens with zero attached hydrogens (tertiary/aromatic N) is 4. The molecule has 0 unspecified atom stereocenters. The molecule has 0 N–H and O–H groups in total. The fourth-order valence-electron chi connectivity index (χ4n) is 1.87. The number of rotatable bonds is 5. The van der Waals surface area contributed by atoms with Crippen LogP contribution in [0.15, 0.2) is 48.5 Å². The lowest BCUT2D eigenvalue weighted by atomic mass is 10.2. The normalized spacial score (nSPS) is 10.6. The lowest BCUT2D eigenvalue weighted by Gasteiger charge is -2.07. The minimum atomic E-state index is 0.381. The highest BCUT2D eigenvalue weighted by molar-refractivity contribution is 6.35. The SMILES string of the molecule is Clc1ccc(OCCn2nnc(-c3ccccc3)n2)c(Cl)c1. The Morgan fingerprint density at radius 3 is 2.64 bits per heavy atom. The summed E-state index contributed by atoms with van der Waals surface area (Å²) in [5.41, 5.74) is 0.926. The van der Waals surface area contributed by atoms with Gasteiger partial charge in [0.25, 0.3) is 0 Å². The van der Waals surface area contributed by atoms with Crippen LogP contribution in [0.3, 0.4) is 0 Å². The van der Waals surface area contributed by atoms with E-state index in [2.05, 4.69) is 15.4 Å². The first-order valence-electron chi connectivity index (χ1n) is 6.63. The molecular weight excluding hydrogens is 323 g/mol. The van der Waals surface area contributed by atoms with Gasteiger partial charge >= 0.3 is 0 Å². The van der Waals surface area contributed by atoms with Crippen molar-refractivity contribution in [3.05, 3.63) is 58.6 Å². The monoisotopic (exact) mass is 334 g/mol. The third kappa shape index (κ3) is 3.55. The number of hydrogen-bond acceptors (Lipinski definition) is 4. The van der Waals surface area contributed by atoms with Crippen molar-refractivity contribution in [3.63, 3.8) is 0 Å². The Bertz CT molecular complexity index is 761. The summed E-state index contributed by atoms with van der Waals surface area (Å²) in [5.74, 6) is 1.17. The van der Waals surface area contributed by atoms with E-state index >= 15 is 0 Å². The molecule has 7 heteroatoms. The second-order valence-corrected chi connectivity index (χ2v) is 5.34. The molecule has 0 aliphatic rings. The van der Waals surface area contributed by atoms with E-state index in [-0.39, 0.29) is 0 Å². The Hall–Kier alpha value is -2.11. The number of halogens is 2. The molecule has 0 fully saturated rings. The summed E-state index contributed by atoms with van der Waals surface area (Å²) in [5, 5.41) is 13.4. The zero-order chi connectivity index (χ0) is 15.4. The first-order valence-corrected chi connectivity index (χ1v) is 7.39. The van der Waals surface area contributed by atoms with Crippen LogP contribution >= 0.6 is 23.2 Å². The maximum absolute atomic E-state index is 6.04. The molecule has 22 heavy (non-hydrogen) atoms. The van der Waals surface area contributed by atoms with E-state index in [9.17, 15) is 0 Å². The van der Waals surface area contributed by atoms with Gasteiger partial charge in [-0.2, -0.15) is 4.80 Å². The van der Waals surface area contributed by atoms with Crippen LogP contribution in [0.1, 0.15) is 0 Å². The lowest BCUT2D eigenvalue weighted by molar-refractivity contribution is 0.280. The van der Waals surface area contributed by atoms with Gasteiger partial charge in [0.2, 0.25) is 5.82 Å². The topological polar surface area (TPSA) is 52.8 Å². The third-order valence-electron chi connectivity index (χ3n) is 2.93. The molecule has 2 aromatic carbocycles. The Morgan fingerprint density at radius 2 is 1.86 bits per heavy atom. The average Bonchev–Trinajstić information content (AvgIpc) is 2.99. The number of aromatic nitrogens is 4. The molecule has 0 aliphatic carbocycles. The largest absolute Gasteiger partial charge is 0.490 e. The van der Waals surface area contributed by atoms with Gasteiger partial charge in [-0.25, -0.2) is 0 Å². The summed E-state index contributed by atoms with van der Waals surface area (Å²) < 4.78 is 5.59. The maximum Gasteiger partial charge on any atom is 0.204 e. The zero-order valence-corrected chi connectivity index (χ0v) is 13.0. The summed E-state index contributed by atoms with van der Waals surface area (Å²) in [6.07, 6.45) is 0. The van der Waals surface area contributed by atoms with Crippen LogP contribution in [0.25, 0.3) is 11.4 Å². The minimum absolute atomic E-state index is 0.381. The molecule has 0 aliphatic heterocycles. The van der Waals surface area contributed by atoms with Gasteiger partial charge < -0.3 is 4.74 Å². The molecule has 0 amide bonds. The van der Waals surface area contributed by atoms with E-state index in [0.717, 1.165) is 5.56 Å². The summed E-state index contributed by atoms with van der Waals surface area (Å²) >= 11 is 11.9. The third-order valence-corrected chi connectivity index (χ3v) is 3.46. The van der Waals surface area contributed by atoms with E-state index in [1.807, 2.05) is 30.3 Å². The van der Waals surface area contributed by atoms with E-state index in [0.29, 0.717) is 34.8 Å². The first kappa shape index (κ1) is 14.8. The fourth-order valence-corrected chi connectivity index (χ4v) is 2.33. The molecule has 0 spiro atoms. The highest BCUT2D eigenvalue weighted by Crippen LogP contribution is 2.27. The quantitative estimate of drug-likeness (QED) is 0.713. The number of benzene rings is 2. The zero-order valence-electron chi connectivity index (χ0n) is 11.5. The Kier molecular flexibility index (Phi) is 4.56. The summed E-state index contributed by atoms with van der Waals surface area (Å²) in [7, 11) is 0. The molecule has 112 valence electrons. The van der Waals surface area contributed by atoms with Gasteiger partial charge in [-0.05, 0) is 23.4 Å². The predicted octanol–water partition coefficient (Wildman–Crippen LogP) is 3.73. The van der Waals surface area contributed by atoms with E-state index in [1.54, 1.807) is 18.2 Å². The van der Waals surface area contributed by atoms with Crippen molar-refractivity contribution in [1.29, 1.82) is 0 Å². The van der Waals surface area contributed by atoms with Crippen molar-refractivity contribution < 1.29 is 4.74 Å². The summed E-state index contributed by atoms with van der Waals surface area (Å²) in [4.78, 5) is 1.49. The molecule has 0 bridgehead atoms. The second-order valence-electron chi connectivity index (χ2n) is 4.50. The minimum Gasteiger partial charge on any atom is -0.490 e.